The minimum absolute atomic E-state index is 0.404. The van der Waals surface area contributed by atoms with Crippen LogP contribution in [0.15, 0.2) is 10.4 Å². The van der Waals surface area contributed by atoms with E-state index in [0.717, 1.165) is 24.4 Å². The molecule has 118 valence electrons. The van der Waals surface area contributed by atoms with E-state index >= 15 is 0 Å². The molecule has 2 fully saturated rings. The predicted octanol–water partition coefficient (Wildman–Crippen LogP) is 1.81. The van der Waals surface area contributed by atoms with E-state index in [1.165, 1.54) is 43.5 Å². The van der Waals surface area contributed by atoms with Crippen molar-refractivity contribution in [2.45, 2.75) is 36.8 Å². The van der Waals surface area contributed by atoms with Crippen LogP contribution in [-0.4, -0.2) is 55.3 Å². The van der Waals surface area contributed by atoms with Crippen LogP contribution >= 0.6 is 11.3 Å². The minimum Gasteiger partial charge on any atom is -0.303 e. The van der Waals surface area contributed by atoms with Gasteiger partial charge >= 0.3 is 0 Å². The molecule has 0 aromatic carbocycles. The summed E-state index contributed by atoms with van der Waals surface area (Å²) in [5.41, 5.74) is 0. The molecule has 0 spiro atoms. The van der Waals surface area contributed by atoms with Crippen LogP contribution in [0.2, 0.25) is 0 Å². The largest absolute Gasteiger partial charge is 0.303 e. The van der Waals surface area contributed by atoms with Gasteiger partial charge in [-0.25, -0.2) is 13.4 Å². The van der Waals surface area contributed by atoms with E-state index in [2.05, 4.69) is 9.88 Å². The average Bonchev–Trinajstić information content (AvgIpc) is 3.20. The van der Waals surface area contributed by atoms with Crippen LogP contribution in [0, 0.1) is 5.92 Å². The highest BCUT2D eigenvalue weighted by molar-refractivity contribution is 7.91. The lowest BCUT2D eigenvalue weighted by molar-refractivity contribution is 0.282. The highest BCUT2D eigenvalue weighted by Gasteiger charge is 2.34. The maximum atomic E-state index is 12.6. The van der Waals surface area contributed by atoms with Crippen LogP contribution in [0.3, 0.4) is 0 Å². The normalized spacial score (nSPS) is 24.9. The Morgan fingerprint density at radius 2 is 2.10 bits per heavy atom. The molecule has 2 saturated heterocycles. The van der Waals surface area contributed by atoms with Crippen molar-refractivity contribution >= 4 is 21.4 Å². The fourth-order valence-electron chi connectivity index (χ4n) is 3.20. The summed E-state index contributed by atoms with van der Waals surface area (Å²) in [5.74, 6) is 0.483. The molecule has 1 atom stereocenters. The van der Waals surface area contributed by atoms with Gasteiger partial charge in [-0.2, -0.15) is 4.31 Å². The molecular formula is C14H23N3O2S2. The van der Waals surface area contributed by atoms with Crippen molar-refractivity contribution < 1.29 is 8.42 Å². The molecule has 3 heterocycles. The molecule has 3 rings (SSSR count). The summed E-state index contributed by atoms with van der Waals surface area (Å²) in [6.07, 6.45) is 5.87. The monoisotopic (exact) mass is 329 g/mol. The van der Waals surface area contributed by atoms with Gasteiger partial charge in [0.1, 0.15) is 0 Å². The minimum atomic E-state index is -3.32. The molecule has 0 saturated carbocycles. The zero-order chi connectivity index (χ0) is 14.9. The Hall–Kier alpha value is -0.500. The zero-order valence-electron chi connectivity index (χ0n) is 12.5. The Morgan fingerprint density at radius 1 is 1.33 bits per heavy atom. The Labute approximate surface area is 131 Å². The second kappa shape index (κ2) is 6.32. The third-order valence-corrected chi connectivity index (χ3v) is 7.84. The van der Waals surface area contributed by atoms with Gasteiger partial charge in [0.25, 0.3) is 10.0 Å². The summed E-state index contributed by atoms with van der Waals surface area (Å²) in [4.78, 5) is 6.65. The summed E-state index contributed by atoms with van der Waals surface area (Å²) >= 11 is 1.31. The van der Waals surface area contributed by atoms with E-state index in [-0.39, 0.29) is 0 Å². The van der Waals surface area contributed by atoms with E-state index in [1.54, 1.807) is 4.31 Å². The number of aryl methyl sites for hydroxylation is 1. The maximum absolute atomic E-state index is 12.6. The first-order valence-electron chi connectivity index (χ1n) is 7.77. The third kappa shape index (κ3) is 3.31. The van der Waals surface area contributed by atoms with Crippen molar-refractivity contribution in [3.8, 4) is 0 Å². The standard InChI is InChI=1S/C14H23N3O2S2/c1-2-13-15-9-14(20-13)21(18,19)17-8-5-12(11-17)10-16-6-3-4-7-16/h9,12H,2-8,10-11H2,1H3. The van der Waals surface area contributed by atoms with Crippen LogP contribution in [0.5, 0.6) is 0 Å². The predicted molar refractivity (Wildman–Crippen MR) is 84.0 cm³/mol. The Bertz CT molecular complexity index is 579. The first kappa shape index (κ1) is 15.4. The highest BCUT2D eigenvalue weighted by atomic mass is 32.2. The molecule has 1 aromatic heterocycles. The lowest BCUT2D eigenvalue weighted by atomic mass is 10.1. The van der Waals surface area contributed by atoms with Crippen molar-refractivity contribution in [1.82, 2.24) is 14.2 Å². The van der Waals surface area contributed by atoms with Crippen LogP contribution in [0.25, 0.3) is 0 Å². The lowest BCUT2D eigenvalue weighted by Gasteiger charge is -2.20. The molecule has 0 amide bonds. The number of likely N-dealkylation sites (tertiary alicyclic amines) is 1. The molecule has 2 aliphatic rings. The van der Waals surface area contributed by atoms with Crippen molar-refractivity contribution in [3.05, 3.63) is 11.2 Å². The second-order valence-electron chi connectivity index (χ2n) is 5.95. The van der Waals surface area contributed by atoms with Crippen LogP contribution in [0.1, 0.15) is 31.2 Å². The fraction of sp³-hybridized carbons (Fsp3) is 0.786. The summed E-state index contributed by atoms with van der Waals surface area (Å²) in [6, 6.07) is 0. The summed E-state index contributed by atoms with van der Waals surface area (Å²) in [7, 11) is -3.32. The van der Waals surface area contributed by atoms with Gasteiger partial charge < -0.3 is 4.90 Å². The van der Waals surface area contributed by atoms with Crippen molar-refractivity contribution in [3.63, 3.8) is 0 Å². The van der Waals surface area contributed by atoms with Crippen molar-refractivity contribution in [1.29, 1.82) is 0 Å². The van der Waals surface area contributed by atoms with Crippen molar-refractivity contribution in [2.75, 3.05) is 32.7 Å². The third-order valence-electron chi connectivity index (χ3n) is 4.39. The van der Waals surface area contributed by atoms with Gasteiger partial charge in [0.15, 0.2) is 4.21 Å². The van der Waals surface area contributed by atoms with E-state index in [1.807, 2.05) is 6.92 Å². The molecule has 0 bridgehead atoms. The molecule has 7 heteroatoms. The van der Waals surface area contributed by atoms with Gasteiger partial charge in [-0.3, -0.25) is 0 Å². The summed E-state index contributed by atoms with van der Waals surface area (Å²) in [6.45, 7) is 6.72. The maximum Gasteiger partial charge on any atom is 0.254 e. The Kier molecular flexibility index (Phi) is 4.63. The van der Waals surface area contributed by atoms with Crippen molar-refractivity contribution in [2.24, 2.45) is 5.92 Å². The number of hydrogen-bond acceptors (Lipinski definition) is 5. The van der Waals surface area contributed by atoms with Crippen LogP contribution in [0.4, 0.5) is 0 Å². The van der Waals surface area contributed by atoms with Gasteiger partial charge in [-0.1, -0.05) is 6.92 Å². The second-order valence-corrected chi connectivity index (χ2v) is 9.23. The van der Waals surface area contributed by atoms with Gasteiger partial charge in [-0.15, -0.1) is 11.3 Å². The molecule has 5 nitrogen and oxygen atoms in total. The molecule has 1 aromatic rings. The molecule has 1 unspecified atom stereocenters. The molecule has 0 aliphatic carbocycles. The number of rotatable bonds is 5. The number of sulfonamides is 1. The zero-order valence-corrected chi connectivity index (χ0v) is 14.1. The Balaban J connectivity index is 1.64. The number of hydrogen-bond donors (Lipinski definition) is 0. The molecule has 2 aliphatic heterocycles. The SMILES string of the molecule is CCc1ncc(S(=O)(=O)N2CCC(CN3CCCC3)C2)s1. The topological polar surface area (TPSA) is 53.5 Å². The first-order chi connectivity index (χ1) is 10.1. The van der Waals surface area contributed by atoms with Crippen LogP contribution in [-0.2, 0) is 16.4 Å². The van der Waals surface area contributed by atoms with E-state index in [9.17, 15) is 8.42 Å². The smallest absolute Gasteiger partial charge is 0.254 e. The van der Waals surface area contributed by atoms with Gasteiger partial charge in [-0.05, 0) is 44.7 Å². The number of aromatic nitrogens is 1. The number of thiazole rings is 1. The van der Waals surface area contributed by atoms with Gasteiger partial charge in [0.05, 0.1) is 11.2 Å². The Morgan fingerprint density at radius 3 is 2.76 bits per heavy atom. The van der Waals surface area contributed by atoms with E-state index in [4.69, 9.17) is 0 Å². The van der Waals surface area contributed by atoms with E-state index in [0.29, 0.717) is 23.2 Å². The average molecular weight is 329 g/mol. The first-order valence-corrected chi connectivity index (χ1v) is 10.0. The highest BCUT2D eigenvalue weighted by Crippen LogP contribution is 2.28. The fourth-order valence-corrected chi connectivity index (χ4v) is 6.00. The van der Waals surface area contributed by atoms with Crippen LogP contribution < -0.4 is 0 Å². The number of nitrogens with zero attached hydrogens (tertiary/aromatic N) is 3. The molecule has 21 heavy (non-hydrogen) atoms. The summed E-state index contributed by atoms with van der Waals surface area (Å²) < 4.78 is 27.3. The molecular weight excluding hydrogens is 306 g/mol. The lowest BCUT2D eigenvalue weighted by Crippen LogP contribution is -2.31. The molecule has 0 N–H and O–H groups in total. The summed E-state index contributed by atoms with van der Waals surface area (Å²) in [5, 5.41) is 0.890. The van der Waals surface area contributed by atoms with Gasteiger partial charge in [0, 0.05) is 19.6 Å². The van der Waals surface area contributed by atoms with E-state index < -0.39 is 10.0 Å². The van der Waals surface area contributed by atoms with Gasteiger partial charge in [0.2, 0.25) is 0 Å². The quantitative estimate of drug-likeness (QED) is 0.827. The molecule has 0 radical (unpaired) electrons.